The second kappa shape index (κ2) is 9.83. The van der Waals surface area contributed by atoms with Crippen molar-refractivity contribution in [2.24, 2.45) is 0 Å². The summed E-state index contributed by atoms with van der Waals surface area (Å²) < 4.78 is 43.9. The molecule has 0 unspecified atom stereocenters. The van der Waals surface area contributed by atoms with Gasteiger partial charge in [-0.1, -0.05) is 24.3 Å². The van der Waals surface area contributed by atoms with Crippen LogP contribution >= 0.6 is 0 Å². The Balaban J connectivity index is 1.53. The molecule has 172 valence electrons. The van der Waals surface area contributed by atoms with Crippen LogP contribution in [-0.2, 0) is 21.4 Å². The molecule has 1 N–H and O–H groups in total. The molecule has 3 aromatic rings. The second-order valence-corrected chi connectivity index (χ2v) is 9.08. The van der Waals surface area contributed by atoms with Gasteiger partial charge in [0.25, 0.3) is 10.0 Å². The lowest BCUT2D eigenvalue weighted by Crippen LogP contribution is -2.40. The molecule has 0 saturated carbocycles. The van der Waals surface area contributed by atoms with E-state index in [1.165, 1.54) is 12.1 Å². The standard InChI is InChI=1S/C24H24N2O6S/c1-2-30-20-11-9-19(10-12-20)26(33(28,29)21-6-4-3-5-7-21)16-24(27)25-15-18-8-13-22-23(14-18)32-17-31-22/h3-14H,2,15-17H2,1H3,(H,25,27). The first-order chi connectivity index (χ1) is 16.0. The maximum Gasteiger partial charge on any atom is 0.264 e. The third-order valence-electron chi connectivity index (χ3n) is 4.98. The van der Waals surface area contributed by atoms with Gasteiger partial charge < -0.3 is 19.5 Å². The van der Waals surface area contributed by atoms with Gasteiger partial charge in [-0.3, -0.25) is 9.10 Å². The molecule has 9 heteroatoms. The molecule has 8 nitrogen and oxygen atoms in total. The van der Waals surface area contributed by atoms with E-state index >= 15 is 0 Å². The molecule has 0 bridgehead atoms. The van der Waals surface area contributed by atoms with Gasteiger partial charge in [0, 0.05) is 6.54 Å². The summed E-state index contributed by atoms with van der Waals surface area (Å²) in [6.45, 7) is 2.37. The van der Waals surface area contributed by atoms with Crippen LogP contribution in [0, 0.1) is 0 Å². The number of hydrogen-bond acceptors (Lipinski definition) is 6. The number of nitrogens with zero attached hydrogens (tertiary/aromatic N) is 1. The van der Waals surface area contributed by atoms with Gasteiger partial charge in [0.05, 0.1) is 17.2 Å². The van der Waals surface area contributed by atoms with Crippen molar-refractivity contribution in [3.05, 3.63) is 78.4 Å². The minimum Gasteiger partial charge on any atom is -0.494 e. The van der Waals surface area contributed by atoms with E-state index in [4.69, 9.17) is 14.2 Å². The first-order valence-electron chi connectivity index (χ1n) is 10.4. The molecule has 0 atom stereocenters. The summed E-state index contributed by atoms with van der Waals surface area (Å²) in [4.78, 5) is 12.9. The van der Waals surface area contributed by atoms with Crippen LogP contribution < -0.4 is 23.8 Å². The Morgan fingerprint density at radius 1 is 1.00 bits per heavy atom. The molecule has 0 aliphatic carbocycles. The van der Waals surface area contributed by atoms with Gasteiger partial charge in [-0.05, 0) is 61.0 Å². The van der Waals surface area contributed by atoms with E-state index in [-0.39, 0.29) is 24.8 Å². The lowest BCUT2D eigenvalue weighted by atomic mass is 10.2. The number of benzene rings is 3. The molecule has 1 amide bonds. The van der Waals surface area contributed by atoms with Crippen molar-refractivity contribution < 1.29 is 27.4 Å². The fraction of sp³-hybridized carbons (Fsp3) is 0.208. The van der Waals surface area contributed by atoms with Crippen LogP contribution in [0.3, 0.4) is 0 Å². The Bertz CT molecular complexity index is 1210. The van der Waals surface area contributed by atoms with E-state index in [2.05, 4.69) is 5.32 Å². The summed E-state index contributed by atoms with van der Waals surface area (Å²) in [6, 6.07) is 20.0. The Hall–Kier alpha value is -3.72. The number of carbonyl (C=O) groups excluding carboxylic acids is 1. The zero-order chi connectivity index (χ0) is 23.3. The van der Waals surface area contributed by atoms with Crippen LogP contribution in [-0.4, -0.2) is 34.3 Å². The minimum absolute atomic E-state index is 0.0995. The molecule has 1 aliphatic rings. The number of carbonyl (C=O) groups is 1. The number of ether oxygens (including phenoxy) is 3. The normalized spacial score (nSPS) is 12.3. The van der Waals surface area contributed by atoms with E-state index in [1.54, 1.807) is 54.6 Å². The molecule has 1 heterocycles. The Morgan fingerprint density at radius 2 is 1.73 bits per heavy atom. The third kappa shape index (κ3) is 5.20. The van der Waals surface area contributed by atoms with E-state index in [0.29, 0.717) is 29.5 Å². The summed E-state index contributed by atoms with van der Waals surface area (Å²) in [7, 11) is -3.97. The van der Waals surface area contributed by atoms with E-state index in [0.717, 1.165) is 9.87 Å². The van der Waals surface area contributed by atoms with Crippen LogP contribution in [0.5, 0.6) is 17.2 Å². The fourth-order valence-corrected chi connectivity index (χ4v) is 4.79. The highest BCUT2D eigenvalue weighted by molar-refractivity contribution is 7.92. The average Bonchev–Trinajstić information content (AvgIpc) is 3.30. The number of nitrogens with one attached hydrogen (secondary N) is 1. The maximum absolute atomic E-state index is 13.4. The van der Waals surface area contributed by atoms with Gasteiger partial charge >= 0.3 is 0 Å². The van der Waals surface area contributed by atoms with Crippen molar-refractivity contribution in [2.45, 2.75) is 18.4 Å². The zero-order valence-corrected chi connectivity index (χ0v) is 18.9. The van der Waals surface area contributed by atoms with E-state index in [9.17, 15) is 13.2 Å². The van der Waals surface area contributed by atoms with Crippen molar-refractivity contribution in [3.63, 3.8) is 0 Å². The number of hydrogen-bond donors (Lipinski definition) is 1. The number of rotatable bonds is 9. The highest BCUT2D eigenvalue weighted by Crippen LogP contribution is 2.32. The third-order valence-corrected chi connectivity index (χ3v) is 6.77. The monoisotopic (exact) mass is 468 g/mol. The molecule has 33 heavy (non-hydrogen) atoms. The number of anilines is 1. The molecule has 0 spiro atoms. The minimum atomic E-state index is -3.97. The van der Waals surface area contributed by atoms with Gasteiger partial charge in [0.15, 0.2) is 11.5 Å². The SMILES string of the molecule is CCOc1ccc(N(CC(=O)NCc2ccc3c(c2)OCO3)S(=O)(=O)c2ccccc2)cc1. The van der Waals surface area contributed by atoms with E-state index in [1.807, 2.05) is 13.0 Å². The average molecular weight is 469 g/mol. The Labute approximate surface area is 192 Å². The van der Waals surface area contributed by atoms with Crippen molar-refractivity contribution in [3.8, 4) is 17.2 Å². The fourth-order valence-electron chi connectivity index (χ4n) is 3.35. The van der Waals surface area contributed by atoms with Gasteiger partial charge in [0.2, 0.25) is 12.7 Å². The smallest absolute Gasteiger partial charge is 0.264 e. The quantitative estimate of drug-likeness (QED) is 0.518. The highest BCUT2D eigenvalue weighted by Gasteiger charge is 2.27. The number of sulfonamides is 1. The summed E-state index contributed by atoms with van der Waals surface area (Å²) >= 11 is 0. The molecule has 0 saturated heterocycles. The lowest BCUT2D eigenvalue weighted by molar-refractivity contribution is -0.119. The molecule has 4 rings (SSSR count). The molecule has 0 radical (unpaired) electrons. The predicted octanol–water partition coefficient (Wildman–Crippen LogP) is 3.33. The van der Waals surface area contributed by atoms with Crippen LogP contribution in [0.1, 0.15) is 12.5 Å². The van der Waals surface area contributed by atoms with Crippen LogP contribution in [0.15, 0.2) is 77.7 Å². The van der Waals surface area contributed by atoms with Crippen LogP contribution in [0.4, 0.5) is 5.69 Å². The van der Waals surface area contributed by atoms with Crippen molar-refractivity contribution in [2.75, 3.05) is 24.2 Å². The first-order valence-corrected chi connectivity index (χ1v) is 11.9. The number of fused-ring (bicyclic) bond motifs is 1. The predicted molar refractivity (Wildman–Crippen MR) is 123 cm³/mol. The molecule has 0 fully saturated rings. The van der Waals surface area contributed by atoms with Crippen molar-refractivity contribution >= 4 is 21.6 Å². The van der Waals surface area contributed by atoms with Gasteiger partial charge in [-0.15, -0.1) is 0 Å². The molecule has 1 aliphatic heterocycles. The summed E-state index contributed by atoms with van der Waals surface area (Å²) in [5.74, 6) is 1.44. The highest BCUT2D eigenvalue weighted by atomic mass is 32.2. The second-order valence-electron chi connectivity index (χ2n) is 7.22. The molecule has 3 aromatic carbocycles. The van der Waals surface area contributed by atoms with Crippen LogP contribution in [0.2, 0.25) is 0 Å². The molecule has 0 aromatic heterocycles. The molecular weight excluding hydrogens is 444 g/mol. The van der Waals surface area contributed by atoms with Crippen molar-refractivity contribution in [1.82, 2.24) is 5.32 Å². The number of amides is 1. The summed E-state index contributed by atoms with van der Waals surface area (Å²) in [5, 5.41) is 2.78. The molecular formula is C24H24N2O6S. The van der Waals surface area contributed by atoms with Gasteiger partial charge in [0.1, 0.15) is 12.3 Å². The van der Waals surface area contributed by atoms with Gasteiger partial charge in [-0.25, -0.2) is 8.42 Å². The van der Waals surface area contributed by atoms with Crippen LogP contribution in [0.25, 0.3) is 0 Å². The largest absolute Gasteiger partial charge is 0.494 e. The summed E-state index contributed by atoms with van der Waals surface area (Å²) in [6.07, 6.45) is 0. The van der Waals surface area contributed by atoms with Crippen molar-refractivity contribution in [1.29, 1.82) is 0 Å². The van der Waals surface area contributed by atoms with Gasteiger partial charge in [-0.2, -0.15) is 0 Å². The topological polar surface area (TPSA) is 94.2 Å². The summed E-state index contributed by atoms with van der Waals surface area (Å²) in [5.41, 5.74) is 1.17. The zero-order valence-electron chi connectivity index (χ0n) is 18.1. The first kappa shape index (κ1) is 22.5. The Kier molecular flexibility index (Phi) is 6.69. The Morgan fingerprint density at radius 3 is 2.45 bits per heavy atom. The van der Waals surface area contributed by atoms with E-state index < -0.39 is 15.9 Å². The maximum atomic E-state index is 13.4. The lowest BCUT2D eigenvalue weighted by Gasteiger charge is -2.24.